The Morgan fingerprint density at radius 2 is 2.06 bits per heavy atom. The summed E-state index contributed by atoms with van der Waals surface area (Å²) in [5, 5.41) is 0. The quantitative estimate of drug-likeness (QED) is 0.792. The lowest BCUT2D eigenvalue weighted by Gasteiger charge is -2.43. The zero-order valence-electron chi connectivity index (χ0n) is 10.2. The predicted molar refractivity (Wildman–Crippen MR) is 67.4 cm³/mol. The molecule has 1 nitrogen and oxygen atoms in total. The molecule has 1 spiro atoms. The highest BCUT2D eigenvalue weighted by Crippen LogP contribution is 2.51. The van der Waals surface area contributed by atoms with Crippen molar-refractivity contribution in [3.05, 3.63) is 35.1 Å². The van der Waals surface area contributed by atoms with Gasteiger partial charge in [-0.15, -0.1) is 0 Å². The van der Waals surface area contributed by atoms with Gasteiger partial charge in [-0.2, -0.15) is 0 Å². The van der Waals surface area contributed by atoms with Crippen molar-refractivity contribution in [2.75, 3.05) is 6.54 Å². The molecule has 1 fully saturated rings. The molecule has 2 N–H and O–H groups in total. The predicted octanol–water partition coefficient (Wildman–Crippen LogP) is 3.16. The maximum absolute atomic E-state index is 13.5. The Kier molecular flexibility index (Phi) is 2.70. The highest BCUT2D eigenvalue weighted by Gasteiger charge is 2.45. The van der Waals surface area contributed by atoms with Gasteiger partial charge in [-0.25, -0.2) is 4.39 Å². The highest BCUT2D eigenvalue weighted by atomic mass is 19.1. The molecule has 2 aliphatic rings. The second-order valence-electron chi connectivity index (χ2n) is 5.64. The standard InChI is InChI=1S/C15H20FN/c16-13-6-4-11-3-5-12(10-17)15(14(11)9-13)7-1-2-8-15/h4,6,9,12H,1-3,5,7-8,10,17H2. The first-order valence-electron chi connectivity index (χ1n) is 6.75. The number of halogens is 1. The second-order valence-corrected chi connectivity index (χ2v) is 5.64. The maximum Gasteiger partial charge on any atom is 0.123 e. The Hall–Kier alpha value is -0.890. The number of nitrogens with two attached hydrogens (primary N) is 1. The smallest absolute Gasteiger partial charge is 0.123 e. The number of benzene rings is 1. The van der Waals surface area contributed by atoms with E-state index >= 15 is 0 Å². The zero-order chi connectivity index (χ0) is 11.9. The molecule has 1 saturated carbocycles. The van der Waals surface area contributed by atoms with E-state index in [9.17, 15) is 4.39 Å². The number of hydrogen-bond acceptors (Lipinski definition) is 1. The van der Waals surface area contributed by atoms with Gasteiger partial charge in [0.05, 0.1) is 0 Å². The summed E-state index contributed by atoms with van der Waals surface area (Å²) in [6.45, 7) is 0.746. The first-order chi connectivity index (χ1) is 8.26. The van der Waals surface area contributed by atoms with E-state index in [4.69, 9.17) is 5.73 Å². The summed E-state index contributed by atoms with van der Waals surface area (Å²) < 4.78 is 13.5. The molecule has 0 bridgehead atoms. The first-order valence-corrected chi connectivity index (χ1v) is 6.75. The van der Waals surface area contributed by atoms with Crippen LogP contribution in [-0.4, -0.2) is 6.54 Å². The first kappa shape index (κ1) is 11.2. The van der Waals surface area contributed by atoms with Crippen molar-refractivity contribution in [1.82, 2.24) is 0 Å². The summed E-state index contributed by atoms with van der Waals surface area (Å²) in [5.74, 6) is 0.465. The van der Waals surface area contributed by atoms with Gasteiger partial charge >= 0.3 is 0 Å². The van der Waals surface area contributed by atoms with Crippen molar-refractivity contribution in [2.24, 2.45) is 11.7 Å². The molecule has 0 saturated heterocycles. The topological polar surface area (TPSA) is 26.0 Å². The van der Waals surface area contributed by atoms with E-state index in [0.717, 1.165) is 13.0 Å². The lowest BCUT2D eigenvalue weighted by atomic mass is 9.62. The van der Waals surface area contributed by atoms with Crippen LogP contribution in [0.2, 0.25) is 0 Å². The fourth-order valence-electron chi connectivity index (χ4n) is 4.08. The van der Waals surface area contributed by atoms with E-state index < -0.39 is 0 Å². The van der Waals surface area contributed by atoms with Crippen LogP contribution in [0.15, 0.2) is 18.2 Å². The van der Waals surface area contributed by atoms with Crippen LogP contribution in [0.25, 0.3) is 0 Å². The molecule has 17 heavy (non-hydrogen) atoms. The van der Waals surface area contributed by atoms with E-state index in [1.54, 1.807) is 12.1 Å². The van der Waals surface area contributed by atoms with Gasteiger partial charge in [0.15, 0.2) is 0 Å². The molecule has 0 amide bonds. The van der Waals surface area contributed by atoms with E-state index in [0.29, 0.717) is 5.92 Å². The molecule has 1 atom stereocenters. The molecule has 0 radical (unpaired) electrons. The van der Waals surface area contributed by atoms with Crippen LogP contribution in [-0.2, 0) is 11.8 Å². The molecule has 1 unspecified atom stereocenters. The van der Waals surface area contributed by atoms with Gasteiger partial charge in [0.2, 0.25) is 0 Å². The molecule has 0 aliphatic heterocycles. The number of aryl methyl sites for hydroxylation is 1. The summed E-state index contributed by atoms with van der Waals surface area (Å²) >= 11 is 0. The molecular formula is C15H20FN. The van der Waals surface area contributed by atoms with Crippen molar-refractivity contribution in [3.63, 3.8) is 0 Å². The fraction of sp³-hybridized carbons (Fsp3) is 0.600. The summed E-state index contributed by atoms with van der Waals surface area (Å²) in [5.41, 5.74) is 8.79. The second kappa shape index (κ2) is 4.09. The number of fused-ring (bicyclic) bond motifs is 2. The monoisotopic (exact) mass is 233 g/mol. The number of hydrogen-bond donors (Lipinski definition) is 1. The lowest BCUT2D eigenvalue weighted by Crippen LogP contribution is -2.41. The molecule has 0 aromatic heterocycles. The van der Waals surface area contributed by atoms with Gasteiger partial charge in [-0.3, -0.25) is 0 Å². The van der Waals surface area contributed by atoms with Crippen LogP contribution < -0.4 is 5.73 Å². The maximum atomic E-state index is 13.5. The Morgan fingerprint density at radius 1 is 1.29 bits per heavy atom. The van der Waals surface area contributed by atoms with Crippen LogP contribution in [0.5, 0.6) is 0 Å². The summed E-state index contributed by atoms with van der Waals surface area (Å²) in [7, 11) is 0. The van der Waals surface area contributed by atoms with Gasteiger partial charge < -0.3 is 5.73 Å². The van der Waals surface area contributed by atoms with Crippen LogP contribution in [0.4, 0.5) is 4.39 Å². The summed E-state index contributed by atoms with van der Waals surface area (Å²) in [4.78, 5) is 0. The van der Waals surface area contributed by atoms with Crippen LogP contribution in [0.3, 0.4) is 0 Å². The minimum absolute atomic E-state index is 0.0901. The van der Waals surface area contributed by atoms with Crippen molar-refractivity contribution in [2.45, 2.75) is 43.9 Å². The van der Waals surface area contributed by atoms with E-state index in [-0.39, 0.29) is 11.2 Å². The van der Waals surface area contributed by atoms with Gasteiger partial charge in [0.1, 0.15) is 5.82 Å². The molecule has 0 heterocycles. The van der Waals surface area contributed by atoms with Crippen molar-refractivity contribution < 1.29 is 4.39 Å². The van der Waals surface area contributed by atoms with E-state index in [2.05, 4.69) is 0 Å². The van der Waals surface area contributed by atoms with Gasteiger partial charge in [0.25, 0.3) is 0 Å². The van der Waals surface area contributed by atoms with Gasteiger partial charge in [-0.05, 0) is 66.8 Å². The van der Waals surface area contributed by atoms with Crippen LogP contribution in [0, 0.1) is 11.7 Å². The average Bonchev–Trinajstić information content (AvgIpc) is 2.81. The molecule has 2 aliphatic carbocycles. The SMILES string of the molecule is NCC1CCc2ccc(F)cc2C12CCCC2. The molecule has 92 valence electrons. The Labute approximate surface area is 102 Å². The third-order valence-corrected chi connectivity index (χ3v) is 4.93. The zero-order valence-corrected chi connectivity index (χ0v) is 10.2. The molecule has 3 rings (SSSR count). The number of rotatable bonds is 1. The molecule has 1 aromatic rings. The minimum atomic E-state index is -0.0901. The van der Waals surface area contributed by atoms with Crippen LogP contribution >= 0.6 is 0 Å². The lowest BCUT2D eigenvalue weighted by molar-refractivity contribution is 0.243. The van der Waals surface area contributed by atoms with Crippen molar-refractivity contribution in [1.29, 1.82) is 0 Å². The van der Waals surface area contributed by atoms with Gasteiger partial charge in [-0.1, -0.05) is 18.9 Å². The molecular weight excluding hydrogens is 213 g/mol. The Bertz CT molecular complexity index is 421. The third-order valence-electron chi connectivity index (χ3n) is 4.93. The molecule has 2 heteroatoms. The molecule has 1 aromatic carbocycles. The van der Waals surface area contributed by atoms with Gasteiger partial charge in [0, 0.05) is 0 Å². The minimum Gasteiger partial charge on any atom is -0.330 e. The largest absolute Gasteiger partial charge is 0.330 e. The fourth-order valence-corrected chi connectivity index (χ4v) is 4.08. The average molecular weight is 233 g/mol. The van der Waals surface area contributed by atoms with Crippen LogP contribution in [0.1, 0.15) is 43.2 Å². The third kappa shape index (κ3) is 1.61. The Morgan fingerprint density at radius 3 is 2.76 bits per heavy atom. The van der Waals surface area contributed by atoms with E-state index in [1.165, 1.54) is 43.2 Å². The van der Waals surface area contributed by atoms with Crippen molar-refractivity contribution in [3.8, 4) is 0 Å². The Balaban J connectivity index is 2.12. The normalized spacial score (nSPS) is 26.1. The van der Waals surface area contributed by atoms with E-state index in [1.807, 2.05) is 6.07 Å². The van der Waals surface area contributed by atoms with Crippen molar-refractivity contribution >= 4 is 0 Å². The summed E-state index contributed by atoms with van der Waals surface area (Å²) in [6.07, 6.45) is 7.18. The summed E-state index contributed by atoms with van der Waals surface area (Å²) in [6, 6.07) is 5.37. The highest BCUT2D eigenvalue weighted by molar-refractivity contribution is 5.39.